The van der Waals surface area contributed by atoms with Crippen LogP contribution in [0.1, 0.15) is 19.3 Å². The number of benzene rings is 1. The molecule has 1 atom stereocenters. The topological polar surface area (TPSA) is 85.3 Å². The van der Waals surface area contributed by atoms with Gasteiger partial charge in [0.15, 0.2) is 0 Å². The molecule has 0 spiro atoms. The lowest BCUT2D eigenvalue weighted by Crippen LogP contribution is -2.40. The minimum absolute atomic E-state index is 0.0439. The molecule has 1 heterocycles. The van der Waals surface area contributed by atoms with Gasteiger partial charge in [-0.3, -0.25) is 9.59 Å². The number of rotatable bonds is 9. The second-order valence-corrected chi connectivity index (χ2v) is 6.21. The summed E-state index contributed by atoms with van der Waals surface area (Å²) in [6.45, 7) is 1.20. The van der Waals surface area contributed by atoms with Crippen LogP contribution in [0.25, 0.3) is 0 Å². The predicted octanol–water partition coefficient (Wildman–Crippen LogP) is 1.80. The van der Waals surface area contributed by atoms with Crippen molar-refractivity contribution in [3.8, 4) is 11.5 Å². The van der Waals surface area contributed by atoms with E-state index in [2.05, 4.69) is 0 Å². The van der Waals surface area contributed by atoms with Crippen LogP contribution in [0.5, 0.6) is 11.5 Å². The van der Waals surface area contributed by atoms with Crippen LogP contribution in [0.4, 0.5) is 0 Å². The average Bonchev–Trinajstić information content (AvgIpc) is 3.05. The normalized spacial score (nSPS) is 19.7. The number of hydrogen-bond acceptors (Lipinski definition) is 5. The molecule has 138 valence electrons. The highest BCUT2D eigenvalue weighted by molar-refractivity contribution is 5.80. The van der Waals surface area contributed by atoms with Crippen LogP contribution in [0.15, 0.2) is 24.3 Å². The largest absolute Gasteiger partial charge is 0.497 e. The van der Waals surface area contributed by atoms with Crippen molar-refractivity contribution in [1.29, 1.82) is 0 Å². The number of carboxylic acid groups (broad SMARTS) is 1. The molecule has 0 bridgehead atoms. The summed E-state index contributed by atoms with van der Waals surface area (Å²) in [5.74, 6) is 0.527. The zero-order valence-corrected chi connectivity index (χ0v) is 14.7. The highest BCUT2D eigenvalue weighted by atomic mass is 16.5. The van der Waals surface area contributed by atoms with E-state index in [0.717, 1.165) is 11.5 Å². The Labute approximate surface area is 147 Å². The number of aliphatic carboxylic acids is 1. The summed E-state index contributed by atoms with van der Waals surface area (Å²) in [5, 5.41) is 9.43. The van der Waals surface area contributed by atoms with Crippen molar-refractivity contribution < 1.29 is 28.9 Å². The zero-order chi connectivity index (χ0) is 18.3. The lowest BCUT2D eigenvalue weighted by atomic mass is 9.88. The van der Waals surface area contributed by atoms with Crippen molar-refractivity contribution >= 4 is 11.9 Å². The molecule has 2 rings (SSSR count). The number of carbonyl (C=O) groups excluding carboxylic acids is 1. The summed E-state index contributed by atoms with van der Waals surface area (Å²) < 4.78 is 15.7. The molecule has 1 amide bonds. The average molecular weight is 351 g/mol. The van der Waals surface area contributed by atoms with Crippen LogP contribution < -0.4 is 9.47 Å². The molecule has 0 aromatic heterocycles. The first kappa shape index (κ1) is 19.1. The third kappa shape index (κ3) is 4.85. The van der Waals surface area contributed by atoms with Gasteiger partial charge in [-0.05, 0) is 37.1 Å². The van der Waals surface area contributed by atoms with E-state index < -0.39 is 11.4 Å². The van der Waals surface area contributed by atoms with Gasteiger partial charge in [0.25, 0.3) is 0 Å². The molecule has 1 aliphatic rings. The van der Waals surface area contributed by atoms with Crippen molar-refractivity contribution in [3.05, 3.63) is 24.3 Å². The molecule has 1 aromatic carbocycles. The fraction of sp³-hybridized carbons (Fsp3) is 0.556. The number of carbonyl (C=O) groups is 2. The summed E-state index contributed by atoms with van der Waals surface area (Å²) >= 11 is 0. The summed E-state index contributed by atoms with van der Waals surface area (Å²) in [6, 6.07) is 7.25. The van der Waals surface area contributed by atoms with E-state index in [4.69, 9.17) is 14.2 Å². The van der Waals surface area contributed by atoms with Gasteiger partial charge in [-0.25, -0.2) is 0 Å². The Morgan fingerprint density at radius 1 is 1.20 bits per heavy atom. The summed E-state index contributed by atoms with van der Waals surface area (Å²) in [6.07, 6.45) is 1.33. The number of carboxylic acids is 1. The zero-order valence-electron chi connectivity index (χ0n) is 14.7. The second-order valence-electron chi connectivity index (χ2n) is 6.21. The fourth-order valence-corrected chi connectivity index (χ4v) is 2.96. The molecule has 7 heteroatoms. The Balaban J connectivity index is 1.74. The van der Waals surface area contributed by atoms with Gasteiger partial charge in [0.1, 0.15) is 16.9 Å². The van der Waals surface area contributed by atoms with Gasteiger partial charge in [-0.2, -0.15) is 0 Å². The van der Waals surface area contributed by atoms with Crippen molar-refractivity contribution in [2.75, 3.05) is 40.5 Å². The van der Waals surface area contributed by atoms with E-state index >= 15 is 0 Å². The molecule has 1 unspecified atom stereocenters. The molecule has 1 fully saturated rings. The maximum Gasteiger partial charge on any atom is 0.313 e. The van der Waals surface area contributed by atoms with Crippen LogP contribution in [0.3, 0.4) is 0 Å². The van der Waals surface area contributed by atoms with Crippen molar-refractivity contribution in [1.82, 2.24) is 4.90 Å². The van der Waals surface area contributed by atoms with Crippen LogP contribution in [0.2, 0.25) is 0 Å². The van der Waals surface area contributed by atoms with Gasteiger partial charge in [-0.15, -0.1) is 0 Å². The molecule has 0 aliphatic carbocycles. The van der Waals surface area contributed by atoms with Gasteiger partial charge >= 0.3 is 5.97 Å². The maximum absolute atomic E-state index is 12.3. The van der Waals surface area contributed by atoms with E-state index in [1.54, 1.807) is 12.0 Å². The summed E-state index contributed by atoms with van der Waals surface area (Å²) in [5.41, 5.74) is -0.982. The number of amides is 1. The van der Waals surface area contributed by atoms with Crippen LogP contribution >= 0.6 is 0 Å². The third-order valence-corrected chi connectivity index (χ3v) is 4.44. The maximum atomic E-state index is 12.3. The SMILES string of the molecule is COCC1(C(=O)O)CCN(C(=O)CCCOc2ccc(OC)cc2)C1. The van der Waals surface area contributed by atoms with Crippen LogP contribution in [-0.4, -0.2) is 62.4 Å². The Morgan fingerprint density at radius 2 is 1.88 bits per heavy atom. The number of nitrogens with zero attached hydrogens (tertiary/aromatic N) is 1. The quantitative estimate of drug-likeness (QED) is 0.683. The Bertz CT molecular complexity index is 588. The molecule has 7 nitrogen and oxygen atoms in total. The van der Waals surface area contributed by atoms with E-state index in [1.165, 1.54) is 7.11 Å². The molecule has 1 N–H and O–H groups in total. The Hall–Kier alpha value is -2.28. The highest BCUT2D eigenvalue weighted by Crippen LogP contribution is 2.31. The van der Waals surface area contributed by atoms with Gasteiger partial charge < -0.3 is 24.2 Å². The minimum atomic E-state index is -0.982. The highest BCUT2D eigenvalue weighted by Gasteiger charge is 2.46. The standard InChI is InChI=1S/C18H25NO6/c1-23-13-18(17(21)22)9-10-19(12-18)16(20)4-3-11-25-15-7-5-14(24-2)6-8-15/h5-8H,3-4,9-13H2,1-2H3,(H,21,22). The number of likely N-dealkylation sites (tertiary alicyclic amines) is 1. The van der Waals surface area contributed by atoms with E-state index in [-0.39, 0.29) is 19.1 Å². The molecule has 1 aromatic rings. The molecule has 25 heavy (non-hydrogen) atoms. The van der Waals surface area contributed by atoms with Crippen molar-refractivity contribution in [3.63, 3.8) is 0 Å². The van der Waals surface area contributed by atoms with E-state index in [1.807, 2.05) is 24.3 Å². The molecule has 1 aliphatic heterocycles. The first-order valence-corrected chi connectivity index (χ1v) is 8.28. The lowest BCUT2D eigenvalue weighted by Gasteiger charge is -2.23. The minimum Gasteiger partial charge on any atom is -0.497 e. The number of ether oxygens (including phenoxy) is 3. The van der Waals surface area contributed by atoms with E-state index in [9.17, 15) is 14.7 Å². The first-order chi connectivity index (χ1) is 12.0. The number of hydrogen-bond donors (Lipinski definition) is 1. The monoisotopic (exact) mass is 351 g/mol. The van der Waals surface area contributed by atoms with Crippen molar-refractivity contribution in [2.45, 2.75) is 19.3 Å². The second kappa shape index (κ2) is 8.71. The summed E-state index contributed by atoms with van der Waals surface area (Å²) in [7, 11) is 3.08. The molecular formula is C18H25NO6. The molecule has 0 radical (unpaired) electrons. The Morgan fingerprint density at radius 3 is 2.48 bits per heavy atom. The number of methoxy groups -OCH3 is 2. The first-order valence-electron chi connectivity index (χ1n) is 8.28. The van der Waals surface area contributed by atoms with E-state index in [0.29, 0.717) is 32.4 Å². The van der Waals surface area contributed by atoms with Crippen LogP contribution in [0, 0.1) is 5.41 Å². The van der Waals surface area contributed by atoms with Gasteiger partial charge in [-0.1, -0.05) is 0 Å². The van der Waals surface area contributed by atoms with Crippen LogP contribution in [-0.2, 0) is 14.3 Å². The molecular weight excluding hydrogens is 326 g/mol. The van der Waals surface area contributed by atoms with Gasteiger partial charge in [0.2, 0.25) is 5.91 Å². The van der Waals surface area contributed by atoms with Crippen molar-refractivity contribution in [2.24, 2.45) is 5.41 Å². The van der Waals surface area contributed by atoms with Gasteiger partial charge in [0, 0.05) is 26.6 Å². The van der Waals surface area contributed by atoms with Gasteiger partial charge in [0.05, 0.1) is 20.3 Å². The lowest BCUT2D eigenvalue weighted by molar-refractivity contribution is -0.151. The third-order valence-electron chi connectivity index (χ3n) is 4.44. The molecule has 1 saturated heterocycles. The smallest absolute Gasteiger partial charge is 0.313 e. The Kier molecular flexibility index (Phi) is 6.64. The fourth-order valence-electron chi connectivity index (χ4n) is 2.96. The predicted molar refractivity (Wildman–Crippen MR) is 90.9 cm³/mol. The summed E-state index contributed by atoms with van der Waals surface area (Å²) in [4.78, 5) is 25.4. The molecule has 0 saturated carbocycles.